The second-order valence-electron chi connectivity index (χ2n) is 5.36. The fourth-order valence-electron chi connectivity index (χ4n) is 2.54. The van der Waals surface area contributed by atoms with E-state index in [0.29, 0.717) is 13.0 Å². The van der Waals surface area contributed by atoms with Crippen molar-refractivity contribution in [3.05, 3.63) is 64.7 Å². The summed E-state index contributed by atoms with van der Waals surface area (Å²) in [5.41, 5.74) is 4.96. The van der Waals surface area contributed by atoms with Gasteiger partial charge in [-0.1, -0.05) is 35.9 Å². The maximum atomic E-state index is 10.2. The van der Waals surface area contributed by atoms with Crippen LogP contribution in [0.1, 0.15) is 22.3 Å². The average Bonchev–Trinajstić information content (AvgIpc) is 2.42. The predicted molar refractivity (Wildman–Crippen MR) is 82.3 cm³/mol. The molecule has 0 aliphatic heterocycles. The van der Waals surface area contributed by atoms with Gasteiger partial charge in [-0.2, -0.15) is 0 Å². The molecule has 0 saturated carbocycles. The van der Waals surface area contributed by atoms with Crippen molar-refractivity contribution in [2.24, 2.45) is 0 Å². The van der Waals surface area contributed by atoms with Crippen LogP contribution < -0.4 is 4.74 Å². The molecule has 2 rings (SSSR count). The van der Waals surface area contributed by atoms with Gasteiger partial charge < -0.3 is 9.84 Å². The highest BCUT2D eigenvalue weighted by molar-refractivity contribution is 5.37. The van der Waals surface area contributed by atoms with E-state index in [4.69, 9.17) is 4.74 Å². The molecule has 0 saturated heterocycles. The van der Waals surface area contributed by atoms with Gasteiger partial charge in [0.05, 0.1) is 6.10 Å². The number of ether oxygens (including phenoxy) is 1. The second kappa shape index (κ2) is 6.58. The van der Waals surface area contributed by atoms with Gasteiger partial charge in [0.25, 0.3) is 0 Å². The first kappa shape index (κ1) is 14.6. The second-order valence-corrected chi connectivity index (χ2v) is 5.36. The molecule has 0 aliphatic carbocycles. The molecule has 0 spiro atoms. The van der Waals surface area contributed by atoms with E-state index in [9.17, 15) is 5.11 Å². The molecule has 0 heterocycles. The number of para-hydroxylation sites is 1. The number of aliphatic hydroxyl groups is 1. The van der Waals surface area contributed by atoms with E-state index in [1.165, 1.54) is 22.3 Å². The van der Waals surface area contributed by atoms with Gasteiger partial charge in [0.15, 0.2) is 0 Å². The number of hydrogen-bond donors (Lipinski definition) is 1. The van der Waals surface area contributed by atoms with Gasteiger partial charge in [0.1, 0.15) is 12.4 Å². The summed E-state index contributed by atoms with van der Waals surface area (Å²) in [6.45, 7) is 6.61. The summed E-state index contributed by atoms with van der Waals surface area (Å²) >= 11 is 0. The van der Waals surface area contributed by atoms with Gasteiger partial charge in [-0.15, -0.1) is 0 Å². The smallest absolute Gasteiger partial charge is 0.119 e. The molecule has 0 bridgehead atoms. The van der Waals surface area contributed by atoms with E-state index in [1.807, 2.05) is 30.3 Å². The van der Waals surface area contributed by atoms with Crippen LogP contribution in [0.4, 0.5) is 0 Å². The lowest BCUT2D eigenvalue weighted by molar-refractivity contribution is 0.107. The Morgan fingerprint density at radius 1 is 1.00 bits per heavy atom. The molecule has 2 heteroatoms. The average molecular weight is 270 g/mol. The quantitative estimate of drug-likeness (QED) is 0.899. The van der Waals surface area contributed by atoms with Gasteiger partial charge in [-0.25, -0.2) is 0 Å². The Balaban J connectivity index is 1.96. The molecule has 0 radical (unpaired) electrons. The highest BCUT2D eigenvalue weighted by Gasteiger charge is 2.11. The Labute approximate surface area is 121 Å². The van der Waals surface area contributed by atoms with Gasteiger partial charge in [-0.3, -0.25) is 0 Å². The van der Waals surface area contributed by atoms with Crippen LogP contribution in [-0.4, -0.2) is 17.8 Å². The van der Waals surface area contributed by atoms with Crippen molar-refractivity contribution in [1.82, 2.24) is 0 Å². The minimum absolute atomic E-state index is 0.316. The summed E-state index contributed by atoms with van der Waals surface area (Å²) in [6, 6.07) is 13.9. The van der Waals surface area contributed by atoms with Crippen molar-refractivity contribution < 1.29 is 9.84 Å². The number of benzene rings is 2. The van der Waals surface area contributed by atoms with E-state index in [2.05, 4.69) is 32.9 Å². The van der Waals surface area contributed by atoms with Gasteiger partial charge >= 0.3 is 0 Å². The van der Waals surface area contributed by atoms with E-state index >= 15 is 0 Å². The van der Waals surface area contributed by atoms with Crippen LogP contribution in [0.2, 0.25) is 0 Å². The van der Waals surface area contributed by atoms with Crippen LogP contribution in [0.5, 0.6) is 5.75 Å². The van der Waals surface area contributed by atoms with Crippen molar-refractivity contribution in [1.29, 1.82) is 0 Å². The molecule has 20 heavy (non-hydrogen) atoms. The Hall–Kier alpha value is -1.80. The molecule has 2 aromatic carbocycles. The normalized spacial score (nSPS) is 12.2. The largest absolute Gasteiger partial charge is 0.491 e. The topological polar surface area (TPSA) is 29.5 Å². The van der Waals surface area contributed by atoms with E-state index in [-0.39, 0.29) is 0 Å². The van der Waals surface area contributed by atoms with Crippen molar-refractivity contribution in [3.63, 3.8) is 0 Å². The summed E-state index contributed by atoms with van der Waals surface area (Å²) in [5, 5.41) is 10.2. The van der Waals surface area contributed by atoms with Gasteiger partial charge in [-0.05, 0) is 49.6 Å². The first-order chi connectivity index (χ1) is 9.56. The summed E-state index contributed by atoms with van der Waals surface area (Å²) in [7, 11) is 0. The van der Waals surface area contributed by atoms with E-state index < -0.39 is 6.10 Å². The number of aliphatic hydroxyl groups excluding tert-OH is 1. The van der Waals surface area contributed by atoms with Crippen LogP contribution in [-0.2, 0) is 6.42 Å². The Bertz CT molecular complexity index is 538. The van der Waals surface area contributed by atoms with E-state index in [1.54, 1.807) is 0 Å². The Kier molecular flexibility index (Phi) is 4.80. The zero-order valence-corrected chi connectivity index (χ0v) is 12.4. The van der Waals surface area contributed by atoms with Crippen LogP contribution in [0.15, 0.2) is 42.5 Å². The van der Waals surface area contributed by atoms with Gasteiger partial charge in [0, 0.05) is 6.42 Å². The third-order valence-corrected chi connectivity index (χ3v) is 3.47. The minimum Gasteiger partial charge on any atom is -0.491 e. The molecule has 1 N–H and O–H groups in total. The summed E-state index contributed by atoms with van der Waals surface area (Å²) < 4.78 is 5.59. The first-order valence-corrected chi connectivity index (χ1v) is 6.99. The molecule has 0 amide bonds. The molecule has 2 nitrogen and oxygen atoms in total. The van der Waals surface area contributed by atoms with Crippen LogP contribution >= 0.6 is 0 Å². The molecule has 0 aromatic heterocycles. The molecule has 106 valence electrons. The van der Waals surface area contributed by atoms with Crippen molar-refractivity contribution in [3.8, 4) is 5.75 Å². The fraction of sp³-hybridized carbons (Fsp3) is 0.333. The fourth-order valence-corrected chi connectivity index (χ4v) is 2.54. The van der Waals surface area contributed by atoms with Crippen molar-refractivity contribution >= 4 is 0 Å². The van der Waals surface area contributed by atoms with Crippen LogP contribution in [0.25, 0.3) is 0 Å². The molecular weight excluding hydrogens is 248 g/mol. The molecular formula is C18H22O2. The zero-order valence-electron chi connectivity index (χ0n) is 12.4. The lowest BCUT2D eigenvalue weighted by atomic mass is 9.95. The summed E-state index contributed by atoms with van der Waals surface area (Å²) in [5.74, 6) is 0.795. The van der Waals surface area contributed by atoms with Crippen LogP contribution in [0, 0.1) is 20.8 Å². The van der Waals surface area contributed by atoms with Gasteiger partial charge in [0.2, 0.25) is 0 Å². The zero-order chi connectivity index (χ0) is 14.5. The number of hydrogen-bond acceptors (Lipinski definition) is 2. The van der Waals surface area contributed by atoms with E-state index in [0.717, 1.165) is 5.75 Å². The third kappa shape index (κ3) is 3.84. The number of rotatable bonds is 5. The highest BCUT2D eigenvalue weighted by atomic mass is 16.5. The van der Waals surface area contributed by atoms with Crippen LogP contribution in [0.3, 0.4) is 0 Å². The number of aryl methyl sites for hydroxylation is 3. The molecule has 1 unspecified atom stereocenters. The Morgan fingerprint density at radius 3 is 2.20 bits per heavy atom. The maximum absolute atomic E-state index is 10.2. The molecule has 0 aliphatic rings. The summed E-state index contributed by atoms with van der Waals surface area (Å²) in [4.78, 5) is 0. The van der Waals surface area contributed by atoms with Crippen molar-refractivity contribution in [2.45, 2.75) is 33.3 Å². The maximum Gasteiger partial charge on any atom is 0.119 e. The molecule has 2 aromatic rings. The third-order valence-electron chi connectivity index (χ3n) is 3.47. The monoisotopic (exact) mass is 270 g/mol. The minimum atomic E-state index is -0.490. The van der Waals surface area contributed by atoms with Crippen molar-refractivity contribution in [2.75, 3.05) is 6.61 Å². The SMILES string of the molecule is Cc1cc(C)c(CC(O)COc2ccccc2)c(C)c1. The Morgan fingerprint density at radius 2 is 1.60 bits per heavy atom. The lowest BCUT2D eigenvalue weighted by Crippen LogP contribution is -2.21. The first-order valence-electron chi connectivity index (χ1n) is 6.99. The predicted octanol–water partition coefficient (Wildman–Crippen LogP) is 3.59. The lowest BCUT2D eigenvalue weighted by Gasteiger charge is -2.16. The standard InChI is InChI=1S/C18H22O2/c1-13-9-14(2)18(15(3)10-13)11-16(19)12-20-17-7-5-4-6-8-17/h4-10,16,19H,11-12H2,1-3H3. The highest BCUT2D eigenvalue weighted by Crippen LogP contribution is 2.18. The molecule has 0 fully saturated rings. The molecule has 1 atom stereocenters. The summed E-state index contributed by atoms with van der Waals surface area (Å²) in [6.07, 6.45) is 0.139.